The lowest BCUT2D eigenvalue weighted by molar-refractivity contribution is -0.139. The smallest absolute Gasteiger partial charge is 0.326 e. The van der Waals surface area contributed by atoms with Crippen molar-refractivity contribution in [1.29, 1.82) is 0 Å². The molecule has 0 aliphatic rings. The molecule has 0 spiro atoms. The highest BCUT2D eigenvalue weighted by Gasteiger charge is 2.18. The van der Waals surface area contributed by atoms with E-state index in [1.807, 2.05) is 6.92 Å². The molecule has 0 fully saturated rings. The molecule has 0 aliphatic carbocycles. The van der Waals surface area contributed by atoms with Crippen LogP contribution in [0.15, 0.2) is 0 Å². The summed E-state index contributed by atoms with van der Waals surface area (Å²) in [5.41, 5.74) is 0. The molecule has 18 heavy (non-hydrogen) atoms. The number of aliphatic carboxylic acids is 1. The average molecular weight is 259 g/mol. The molecule has 104 valence electrons. The Labute approximate surface area is 107 Å². The van der Waals surface area contributed by atoms with E-state index < -0.39 is 18.0 Å². The van der Waals surface area contributed by atoms with Gasteiger partial charge >= 0.3 is 12.0 Å². The van der Waals surface area contributed by atoms with Crippen LogP contribution in [0.1, 0.15) is 26.2 Å². The molecule has 0 saturated carbocycles. The molecule has 0 unspecified atom stereocenters. The van der Waals surface area contributed by atoms with E-state index in [9.17, 15) is 14.4 Å². The third-order valence-electron chi connectivity index (χ3n) is 2.30. The topological polar surface area (TPSA) is 98.7 Å². The summed E-state index contributed by atoms with van der Waals surface area (Å²) in [7, 11) is 3.26. The minimum atomic E-state index is -1.06. The monoisotopic (exact) mass is 259 g/mol. The predicted octanol–water partition coefficient (Wildman–Crippen LogP) is 0.0172. The number of hydrogen-bond acceptors (Lipinski definition) is 3. The third-order valence-corrected chi connectivity index (χ3v) is 2.30. The van der Waals surface area contributed by atoms with Crippen molar-refractivity contribution in [3.8, 4) is 0 Å². The van der Waals surface area contributed by atoms with Crippen LogP contribution in [0.3, 0.4) is 0 Å². The van der Waals surface area contributed by atoms with Gasteiger partial charge in [0.25, 0.3) is 0 Å². The first-order valence-electron chi connectivity index (χ1n) is 5.85. The van der Waals surface area contributed by atoms with Crippen LogP contribution in [0.25, 0.3) is 0 Å². The van der Waals surface area contributed by atoms with Crippen molar-refractivity contribution in [2.75, 3.05) is 20.6 Å². The van der Waals surface area contributed by atoms with Gasteiger partial charge in [0, 0.05) is 27.1 Å². The maximum atomic E-state index is 11.4. The number of amides is 3. The first kappa shape index (κ1) is 16.2. The van der Waals surface area contributed by atoms with Crippen LogP contribution >= 0.6 is 0 Å². The van der Waals surface area contributed by atoms with Crippen LogP contribution in [0.4, 0.5) is 4.79 Å². The Kier molecular flexibility index (Phi) is 7.50. The van der Waals surface area contributed by atoms with Crippen LogP contribution in [-0.2, 0) is 9.59 Å². The highest BCUT2D eigenvalue weighted by atomic mass is 16.4. The summed E-state index contributed by atoms with van der Waals surface area (Å²) < 4.78 is 0. The zero-order valence-electron chi connectivity index (χ0n) is 11.0. The molecule has 0 saturated heterocycles. The molecule has 0 aromatic carbocycles. The van der Waals surface area contributed by atoms with Gasteiger partial charge in [-0.2, -0.15) is 0 Å². The Hall–Kier alpha value is -1.79. The number of rotatable bonds is 7. The molecule has 3 amide bonds. The molecule has 3 N–H and O–H groups in total. The fraction of sp³-hybridized carbons (Fsp3) is 0.727. The number of urea groups is 1. The second-order valence-electron chi connectivity index (χ2n) is 4.12. The van der Waals surface area contributed by atoms with Gasteiger partial charge in [0.15, 0.2) is 0 Å². The lowest BCUT2D eigenvalue weighted by atomic mass is 10.2. The Morgan fingerprint density at radius 2 is 1.89 bits per heavy atom. The van der Waals surface area contributed by atoms with E-state index in [-0.39, 0.29) is 18.9 Å². The molecule has 0 heterocycles. The van der Waals surface area contributed by atoms with E-state index in [4.69, 9.17) is 5.11 Å². The predicted molar refractivity (Wildman–Crippen MR) is 66.2 cm³/mol. The van der Waals surface area contributed by atoms with E-state index in [1.54, 1.807) is 14.1 Å². The van der Waals surface area contributed by atoms with E-state index in [0.29, 0.717) is 12.8 Å². The highest BCUT2D eigenvalue weighted by molar-refractivity contribution is 5.83. The van der Waals surface area contributed by atoms with Crippen molar-refractivity contribution in [3.63, 3.8) is 0 Å². The molecule has 0 rings (SSSR count). The zero-order chi connectivity index (χ0) is 14.1. The molecule has 0 bridgehead atoms. The molecule has 1 atom stereocenters. The first-order chi connectivity index (χ1) is 8.38. The average Bonchev–Trinajstić information content (AvgIpc) is 2.27. The number of carbonyl (C=O) groups is 3. The summed E-state index contributed by atoms with van der Waals surface area (Å²) in [6, 6.07) is -1.46. The van der Waals surface area contributed by atoms with Crippen LogP contribution in [-0.4, -0.2) is 54.6 Å². The molecule has 0 aromatic heterocycles. The number of carboxylic acid groups (broad SMARTS) is 1. The maximum absolute atomic E-state index is 11.4. The summed E-state index contributed by atoms with van der Waals surface area (Å²) in [4.78, 5) is 34.8. The van der Waals surface area contributed by atoms with Crippen molar-refractivity contribution in [2.24, 2.45) is 0 Å². The molecular weight excluding hydrogens is 238 g/mol. The largest absolute Gasteiger partial charge is 0.480 e. The first-order valence-corrected chi connectivity index (χ1v) is 5.85. The number of hydrogen-bond donors (Lipinski definition) is 3. The van der Waals surface area contributed by atoms with E-state index >= 15 is 0 Å². The summed E-state index contributed by atoms with van der Waals surface area (Å²) in [6.45, 7) is 2.02. The minimum Gasteiger partial charge on any atom is -0.480 e. The molecule has 0 aromatic rings. The molecule has 7 nitrogen and oxygen atoms in total. The second-order valence-corrected chi connectivity index (χ2v) is 4.12. The SMILES string of the molecule is CCC[C@@H](NC(=O)NCCC(=O)N(C)C)C(=O)O. The quantitative estimate of drug-likeness (QED) is 0.600. The van der Waals surface area contributed by atoms with Crippen molar-refractivity contribution in [2.45, 2.75) is 32.2 Å². The zero-order valence-corrected chi connectivity index (χ0v) is 11.0. The fourth-order valence-electron chi connectivity index (χ4n) is 1.26. The van der Waals surface area contributed by atoms with Gasteiger partial charge in [-0.3, -0.25) is 4.79 Å². The van der Waals surface area contributed by atoms with Crippen LogP contribution in [0.2, 0.25) is 0 Å². The van der Waals surface area contributed by atoms with E-state index in [0.717, 1.165) is 0 Å². The number of carboxylic acids is 1. The second kappa shape index (κ2) is 8.32. The minimum absolute atomic E-state index is 0.0985. The van der Waals surface area contributed by atoms with Crippen LogP contribution in [0.5, 0.6) is 0 Å². The molecule has 0 aliphatic heterocycles. The van der Waals surface area contributed by atoms with Crippen LogP contribution in [0, 0.1) is 0 Å². The van der Waals surface area contributed by atoms with Gasteiger partial charge in [0.2, 0.25) is 5.91 Å². The summed E-state index contributed by atoms with van der Waals surface area (Å²) in [6.07, 6.45) is 1.22. The number of nitrogens with one attached hydrogen (secondary N) is 2. The Morgan fingerprint density at radius 3 is 2.33 bits per heavy atom. The molecule has 7 heteroatoms. The van der Waals surface area contributed by atoms with Gasteiger partial charge in [0.1, 0.15) is 6.04 Å². The van der Waals surface area contributed by atoms with E-state index in [1.165, 1.54) is 4.90 Å². The van der Waals surface area contributed by atoms with Gasteiger partial charge in [-0.1, -0.05) is 13.3 Å². The maximum Gasteiger partial charge on any atom is 0.326 e. The lowest BCUT2D eigenvalue weighted by Gasteiger charge is -2.15. The standard InChI is InChI=1S/C11H21N3O4/c1-4-5-8(10(16)17)13-11(18)12-7-6-9(15)14(2)3/h8H,4-7H2,1-3H3,(H,16,17)(H2,12,13,18)/t8-/m1/s1. The highest BCUT2D eigenvalue weighted by Crippen LogP contribution is 1.96. The van der Waals surface area contributed by atoms with Crippen molar-refractivity contribution in [1.82, 2.24) is 15.5 Å². The van der Waals surface area contributed by atoms with Crippen molar-refractivity contribution in [3.05, 3.63) is 0 Å². The van der Waals surface area contributed by atoms with Gasteiger partial charge in [-0.25, -0.2) is 9.59 Å². The van der Waals surface area contributed by atoms with Gasteiger partial charge in [-0.15, -0.1) is 0 Å². The van der Waals surface area contributed by atoms with Gasteiger partial charge < -0.3 is 20.6 Å². The summed E-state index contributed by atoms with van der Waals surface area (Å²) in [5, 5.41) is 13.6. The van der Waals surface area contributed by atoms with Gasteiger partial charge in [0.05, 0.1) is 0 Å². The molecule has 0 radical (unpaired) electrons. The van der Waals surface area contributed by atoms with Crippen LogP contribution < -0.4 is 10.6 Å². The van der Waals surface area contributed by atoms with Crippen molar-refractivity contribution < 1.29 is 19.5 Å². The number of carbonyl (C=O) groups excluding carboxylic acids is 2. The van der Waals surface area contributed by atoms with Crippen molar-refractivity contribution >= 4 is 17.9 Å². The fourth-order valence-corrected chi connectivity index (χ4v) is 1.26. The Morgan fingerprint density at radius 1 is 1.28 bits per heavy atom. The normalized spacial score (nSPS) is 11.5. The Bertz CT molecular complexity index is 305. The molecular formula is C11H21N3O4. The van der Waals surface area contributed by atoms with E-state index in [2.05, 4.69) is 10.6 Å². The van der Waals surface area contributed by atoms with Gasteiger partial charge in [-0.05, 0) is 6.42 Å². The Balaban J connectivity index is 3.95. The third kappa shape index (κ3) is 6.72. The lowest BCUT2D eigenvalue weighted by Crippen LogP contribution is -2.46. The number of nitrogens with zero attached hydrogens (tertiary/aromatic N) is 1. The summed E-state index contributed by atoms with van der Waals surface area (Å²) >= 11 is 0. The summed E-state index contributed by atoms with van der Waals surface area (Å²) in [5.74, 6) is -1.16.